The molecule has 2 aromatic rings. The zero-order valence-electron chi connectivity index (χ0n) is 11.0. The molecule has 2 aromatic carbocycles. The van der Waals surface area contributed by atoms with Gasteiger partial charge in [-0.05, 0) is 31.2 Å². The molecule has 0 fully saturated rings. The van der Waals surface area contributed by atoms with E-state index in [0.717, 1.165) is 0 Å². The fourth-order valence-corrected chi connectivity index (χ4v) is 1.77. The minimum atomic E-state index is -0.498. The van der Waals surface area contributed by atoms with Gasteiger partial charge in [-0.1, -0.05) is 18.2 Å². The fourth-order valence-electron chi connectivity index (χ4n) is 1.77. The van der Waals surface area contributed by atoms with Crippen molar-refractivity contribution in [1.82, 2.24) is 0 Å². The molecular formula is C15H15FN2O2. The Hall–Kier alpha value is -2.56. The third-order valence-electron chi connectivity index (χ3n) is 2.74. The van der Waals surface area contributed by atoms with Crippen molar-refractivity contribution in [2.75, 3.05) is 17.7 Å². The SMILES string of the molecule is CCOC(=O)c1cccc(Nc2ccccc2F)c1N. The number of anilines is 3. The molecule has 0 aliphatic rings. The molecule has 0 bridgehead atoms. The summed E-state index contributed by atoms with van der Waals surface area (Å²) in [6.45, 7) is 1.98. The minimum Gasteiger partial charge on any atom is -0.462 e. The van der Waals surface area contributed by atoms with Crippen LogP contribution in [0.1, 0.15) is 17.3 Å². The largest absolute Gasteiger partial charge is 0.462 e. The van der Waals surface area contributed by atoms with Gasteiger partial charge in [0.2, 0.25) is 0 Å². The predicted octanol–water partition coefficient (Wildman–Crippen LogP) is 3.33. The molecule has 0 heterocycles. The maximum atomic E-state index is 13.6. The topological polar surface area (TPSA) is 64.3 Å². The van der Waals surface area contributed by atoms with Crippen molar-refractivity contribution in [3.63, 3.8) is 0 Å². The van der Waals surface area contributed by atoms with Crippen LogP contribution in [0, 0.1) is 5.82 Å². The molecule has 104 valence electrons. The van der Waals surface area contributed by atoms with Gasteiger partial charge in [0.05, 0.1) is 29.2 Å². The maximum absolute atomic E-state index is 13.6. The number of nitrogens with one attached hydrogen (secondary N) is 1. The van der Waals surface area contributed by atoms with Crippen LogP contribution in [0.15, 0.2) is 42.5 Å². The number of carbonyl (C=O) groups excluding carboxylic acids is 1. The van der Waals surface area contributed by atoms with Gasteiger partial charge in [0.15, 0.2) is 0 Å². The molecule has 20 heavy (non-hydrogen) atoms. The van der Waals surface area contributed by atoms with Gasteiger partial charge in [0.1, 0.15) is 5.82 Å². The van der Waals surface area contributed by atoms with Crippen LogP contribution in [0.5, 0.6) is 0 Å². The van der Waals surface area contributed by atoms with Crippen molar-refractivity contribution in [1.29, 1.82) is 0 Å². The number of para-hydroxylation sites is 2. The summed E-state index contributed by atoms with van der Waals surface area (Å²) in [7, 11) is 0. The molecule has 0 radical (unpaired) electrons. The third-order valence-corrected chi connectivity index (χ3v) is 2.74. The maximum Gasteiger partial charge on any atom is 0.340 e. The zero-order valence-corrected chi connectivity index (χ0v) is 11.0. The normalized spacial score (nSPS) is 10.1. The zero-order chi connectivity index (χ0) is 14.5. The Kier molecular flexibility index (Phi) is 4.20. The Morgan fingerprint density at radius 2 is 1.90 bits per heavy atom. The number of ether oxygens (including phenoxy) is 1. The van der Waals surface area contributed by atoms with Gasteiger partial charge < -0.3 is 15.8 Å². The van der Waals surface area contributed by atoms with Crippen molar-refractivity contribution in [3.05, 3.63) is 53.8 Å². The molecular weight excluding hydrogens is 259 g/mol. The molecule has 0 amide bonds. The second-order valence-corrected chi connectivity index (χ2v) is 4.09. The lowest BCUT2D eigenvalue weighted by molar-refractivity contribution is 0.0527. The molecule has 0 atom stereocenters. The number of hydrogen-bond acceptors (Lipinski definition) is 4. The summed E-state index contributed by atoms with van der Waals surface area (Å²) < 4.78 is 18.5. The molecule has 2 rings (SSSR count). The molecule has 0 saturated carbocycles. The highest BCUT2D eigenvalue weighted by Gasteiger charge is 2.14. The Morgan fingerprint density at radius 1 is 1.20 bits per heavy atom. The smallest absolute Gasteiger partial charge is 0.340 e. The number of hydrogen-bond donors (Lipinski definition) is 2. The van der Waals surface area contributed by atoms with Gasteiger partial charge in [0, 0.05) is 0 Å². The standard InChI is InChI=1S/C15H15FN2O2/c1-2-20-15(19)10-6-5-9-13(14(10)17)18-12-8-4-3-7-11(12)16/h3-9,18H,2,17H2,1H3. The van der Waals surface area contributed by atoms with Crippen LogP contribution in [-0.4, -0.2) is 12.6 Å². The van der Waals surface area contributed by atoms with E-state index in [1.165, 1.54) is 6.07 Å². The van der Waals surface area contributed by atoms with E-state index in [2.05, 4.69) is 5.32 Å². The van der Waals surface area contributed by atoms with Crippen molar-refractivity contribution < 1.29 is 13.9 Å². The van der Waals surface area contributed by atoms with Crippen molar-refractivity contribution in [2.45, 2.75) is 6.92 Å². The van der Waals surface area contributed by atoms with Crippen molar-refractivity contribution in [3.8, 4) is 0 Å². The summed E-state index contributed by atoms with van der Waals surface area (Å²) in [6, 6.07) is 11.1. The number of esters is 1. The summed E-state index contributed by atoms with van der Waals surface area (Å²) in [4.78, 5) is 11.7. The quantitative estimate of drug-likeness (QED) is 0.663. The van der Waals surface area contributed by atoms with Crippen LogP contribution in [0.2, 0.25) is 0 Å². The summed E-state index contributed by atoms with van der Waals surface area (Å²) in [5.74, 6) is -0.893. The first kappa shape index (κ1) is 13.9. The van der Waals surface area contributed by atoms with E-state index >= 15 is 0 Å². The second kappa shape index (κ2) is 6.06. The van der Waals surface area contributed by atoms with Crippen LogP contribution in [0.25, 0.3) is 0 Å². The monoisotopic (exact) mass is 274 g/mol. The highest BCUT2D eigenvalue weighted by molar-refractivity contribution is 5.98. The molecule has 5 heteroatoms. The third kappa shape index (κ3) is 2.88. The number of nitrogens with two attached hydrogens (primary N) is 1. The van der Waals surface area contributed by atoms with Crippen LogP contribution >= 0.6 is 0 Å². The molecule has 0 unspecified atom stereocenters. The Bertz CT molecular complexity index is 629. The molecule has 0 aliphatic carbocycles. The lowest BCUT2D eigenvalue weighted by Gasteiger charge is -2.12. The number of benzene rings is 2. The van der Waals surface area contributed by atoms with Crippen molar-refractivity contribution >= 4 is 23.0 Å². The Morgan fingerprint density at radius 3 is 2.60 bits per heavy atom. The fraction of sp³-hybridized carbons (Fsp3) is 0.133. The van der Waals surface area contributed by atoms with E-state index in [4.69, 9.17) is 10.5 Å². The Balaban J connectivity index is 2.32. The van der Waals surface area contributed by atoms with Crippen LogP contribution < -0.4 is 11.1 Å². The summed E-state index contributed by atoms with van der Waals surface area (Å²) in [6.07, 6.45) is 0. The van der Waals surface area contributed by atoms with Crippen molar-refractivity contribution in [2.24, 2.45) is 0 Å². The van der Waals surface area contributed by atoms with E-state index in [-0.39, 0.29) is 17.9 Å². The molecule has 0 saturated heterocycles. The predicted molar refractivity (Wildman–Crippen MR) is 76.5 cm³/mol. The van der Waals surface area contributed by atoms with E-state index in [0.29, 0.717) is 11.4 Å². The van der Waals surface area contributed by atoms with E-state index in [9.17, 15) is 9.18 Å². The molecule has 0 aromatic heterocycles. The average molecular weight is 274 g/mol. The van der Waals surface area contributed by atoms with E-state index in [1.54, 1.807) is 43.3 Å². The minimum absolute atomic E-state index is 0.231. The number of halogens is 1. The molecule has 0 aliphatic heterocycles. The van der Waals surface area contributed by atoms with Gasteiger partial charge in [-0.15, -0.1) is 0 Å². The summed E-state index contributed by atoms with van der Waals surface area (Å²) in [5, 5.41) is 2.87. The first-order chi connectivity index (χ1) is 9.63. The lowest BCUT2D eigenvalue weighted by Crippen LogP contribution is -2.09. The number of carbonyl (C=O) groups is 1. The lowest BCUT2D eigenvalue weighted by atomic mass is 10.1. The average Bonchev–Trinajstić information content (AvgIpc) is 2.43. The first-order valence-electron chi connectivity index (χ1n) is 6.20. The highest BCUT2D eigenvalue weighted by atomic mass is 19.1. The number of rotatable bonds is 4. The van der Waals surface area contributed by atoms with Crippen LogP contribution in [-0.2, 0) is 4.74 Å². The summed E-state index contributed by atoms with van der Waals surface area (Å²) >= 11 is 0. The van der Waals surface area contributed by atoms with Gasteiger partial charge in [-0.3, -0.25) is 0 Å². The Labute approximate surface area is 116 Å². The van der Waals surface area contributed by atoms with Crippen LogP contribution in [0.3, 0.4) is 0 Å². The molecule has 3 N–H and O–H groups in total. The van der Waals surface area contributed by atoms with Gasteiger partial charge >= 0.3 is 5.97 Å². The number of nitrogen functional groups attached to an aromatic ring is 1. The molecule has 0 spiro atoms. The highest BCUT2D eigenvalue weighted by Crippen LogP contribution is 2.27. The van der Waals surface area contributed by atoms with Gasteiger partial charge in [-0.2, -0.15) is 0 Å². The van der Waals surface area contributed by atoms with E-state index < -0.39 is 11.8 Å². The van der Waals surface area contributed by atoms with Gasteiger partial charge in [-0.25, -0.2) is 9.18 Å². The molecule has 4 nitrogen and oxygen atoms in total. The van der Waals surface area contributed by atoms with Crippen LogP contribution in [0.4, 0.5) is 21.5 Å². The first-order valence-corrected chi connectivity index (χ1v) is 6.20. The second-order valence-electron chi connectivity index (χ2n) is 4.09. The summed E-state index contributed by atoms with van der Waals surface area (Å²) in [5.41, 5.74) is 7.17. The van der Waals surface area contributed by atoms with E-state index in [1.807, 2.05) is 0 Å². The van der Waals surface area contributed by atoms with Gasteiger partial charge in [0.25, 0.3) is 0 Å².